The average Bonchev–Trinajstić information content (AvgIpc) is 3.17. The third-order valence-corrected chi connectivity index (χ3v) is 4.74. The molecule has 2 aromatic heterocycles. The van der Waals surface area contributed by atoms with Crippen LogP contribution in [0.15, 0.2) is 12.3 Å². The Hall–Kier alpha value is -2.15. The van der Waals surface area contributed by atoms with Crippen molar-refractivity contribution in [1.82, 2.24) is 19.4 Å². The van der Waals surface area contributed by atoms with Gasteiger partial charge in [0.25, 0.3) is 5.91 Å². The molecular formula is C16H19ClN4O3. The van der Waals surface area contributed by atoms with Gasteiger partial charge >= 0.3 is 5.97 Å². The van der Waals surface area contributed by atoms with Crippen LogP contribution >= 0.6 is 11.6 Å². The molecule has 0 aromatic carbocycles. The van der Waals surface area contributed by atoms with Gasteiger partial charge in [-0.25, -0.2) is 9.78 Å². The van der Waals surface area contributed by atoms with Gasteiger partial charge in [0.1, 0.15) is 16.9 Å². The zero-order valence-electron chi connectivity index (χ0n) is 13.9. The fraction of sp³-hybridized carbons (Fsp3) is 0.500. The number of carbonyl (C=O) groups is 2. The van der Waals surface area contributed by atoms with Crippen LogP contribution in [-0.4, -0.2) is 52.5 Å². The van der Waals surface area contributed by atoms with Crippen LogP contribution in [0, 0.1) is 0 Å². The second kappa shape index (κ2) is 6.05. The van der Waals surface area contributed by atoms with Gasteiger partial charge < -0.3 is 14.2 Å². The van der Waals surface area contributed by atoms with Crippen molar-refractivity contribution in [1.29, 1.82) is 0 Å². The molecule has 2 aromatic rings. The van der Waals surface area contributed by atoms with Crippen molar-refractivity contribution in [3.8, 4) is 0 Å². The van der Waals surface area contributed by atoms with Crippen LogP contribution in [0.25, 0.3) is 11.0 Å². The van der Waals surface area contributed by atoms with Crippen LogP contribution in [0.3, 0.4) is 0 Å². The van der Waals surface area contributed by atoms with Crippen LogP contribution < -0.4 is 0 Å². The smallest absolute Gasteiger partial charge is 0.332 e. The highest BCUT2D eigenvalue weighted by atomic mass is 35.5. The monoisotopic (exact) mass is 350 g/mol. The molecule has 128 valence electrons. The van der Waals surface area contributed by atoms with Gasteiger partial charge in [0.15, 0.2) is 0 Å². The number of amides is 1. The Bertz CT molecular complexity index is 809. The summed E-state index contributed by atoms with van der Waals surface area (Å²) in [6.07, 6.45) is 4.51. The van der Waals surface area contributed by atoms with Crippen LogP contribution in [-0.2, 0) is 15.1 Å². The van der Waals surface area contributed by atoms with E-state index in [0.29, 0.717) is 29.6 Å². The summed E-state index contributed by atoms with van der Waals surface area (Å²) in [5.41, 5.74) is -0.0683. The molecule has 0 saturated heterocycles. The van der Waals surface area contributed by atoms with E-state index in [2.05, 4.69) is 9.97 Å². The predicted molar refractivity (Wildman–Crippen MR) is 89.0 cm³/mol. The summed E-state index contributed by atoms with van der Waals surface area (Å²) in [6, 6.07) is 1.71. The molecule has 8 heteroatoms. The number of hydrogen-bond donors (Lipinski definition) is 0. The number of carbonyl (C=O) groups excluding carboxylic acids is 2. The first-order chi connectivity index (χ1) is 11.4. The predicted octanol–water partition coefficient (Wildman–Crippen LogP) is 2.23. The van der Waals surface area contributed by atoms with Crippen LogP contribution in [0.1, 0.15) is 36.2 Å². The van der Waals surface area contributed by atoms with Crippen LogP contribution in [0.4, 0.5) is 0 Å². The molecule has 2 heterocycles. The molecule has 0 radical (unpaired) electrons. The molecule has 0 bridgehead atoms. The van der Waals surface area contributed by atoms with E-state index in [1.807, 2.05) is 0 Å². The zero-order chi connectivity index (χ0) is 17.5. The minimum Gasteiger partial charge on any atom is -0.467 e. The highest BCUT2D eigenvalue weighted by molar-refractivity contribution is 6.28. The molecule has 0 atom stereocenters. The number of hydrogen-bond acceptors (Lipinski definition) is 5. The maximum Gasteiger partial charge on any atom is 0.332 e. The summed E-state index contributed by atoms with van der Waals surface area (Å²) >= 11 is 5.96. The third-order valence-electron chi connectivity index (χ3n) is 4.56. The number of nitrogens with zero attached hydrogens (tertiary/aromatic N) is 4. The number of rotatable bonds is 3. The van der Waals surface area contributed by atoms with Crippen molar-refractivity contribution in [2.24, 2.45) is 0 Å². The van der Waals surface area contributed by atoms with Crippen molar-refractivity contribution in [3.63, 3.8) is 0 Å². The summed E-state index contributed by atoms with van der Waals surface area (Å²) in [7, 11) is 4.70. The molecule has 0 N–H and O–H groups in total. The van der Waals surface area contributed by atoms with Gasteiger partial charge in [0.2, 0.25) is 5.28 Å². The van der Waals surface area contributed by atoms with E-state index in [0.717, 1.165) is 12.8 Å². The maximum atomic E-state index is 12.7. The minimum absolute atomic E-state index is 0.0729. The number of methoxy groups -OCH3 is 1. The lowest BCUT2D eigenvalue weighted by Gasteiger charge is -2.30. The topological polar surface area (TPSA) is 77.3 Å². The first-order valence-corrected chi connectivity index (χ1v) is 8.13. The lowest BCUT2D eigenvalue weighted by atomic mass is 9.96. The van der Waals surface area contributed by atoms with Crippen molar-refractivity contribution < 1.29 is 14.3 Å². The van der Waals surface area contributed by atoms with Crippen LogP contribution in [0.5, 0.6) is 0 Å². The summed E-state index contributed by atoms with van der Waals surface area (Å²) in [4.78, 5) is 35.1. The van der Waals surface area contributed by atoms with E-state index in [1.165, 1.54) is 12.0 Å². The van der Waals surface area contributed by atoms with E-state index in [9.17, 15) is 9.59 Å². The third kappa shape index (κ3) is 2.43. The number of esters is 1. The number of aromatic nitrogens is 3. The molecule has 1 amide bonds. The minimum atomic E-state index is -0.935. The number of halogens is 1. The first kappa shape index (κ1) is 16.7. The molecule has 24 heavy (non-hydrogen) atoms. The maximum absolute atomic E-state index is 12.7. The van der Waals surface area contributed by atoms with Crippen molar-refractivity contribution in [3.05, 3.63) is 23.2 Å². The summed E-state index contributed by atoms with van der Waals surface area (Å²) in [5, 5.41) is 0.739. The van der Waals surface area contributed by atoms with E-state index in [4.69, 9.17) is 16.3 Å². The van der Waals surface area contributed by atoms with Crippen molar-refractivity contribution in [2.75, 3.05) is 21.2 Å². The lowest BCUT2D eigenvalue weighted by Crippen LogP contribution is -2.43. The quantitative estimate of drug-likeness (QED) is 0.626. The highest BCUT2D eigenvalue weighted by Gasteiger charge is 2.47. The number of ether oxygens (including phenoxy) is 1. The Morgan fingerprint density at radius 1 is 1.33 bits per heavy atom. The molecule has 1 aliphatic carbocycles. The Morgan fingerprint density at radius 3 is 2.58 bits per heavy atom. The SMILES string of the molecule is COC(=O)C1(n2c(C(=O)N(C)C)cc3cnc(Cl)nc32)CCCC1. The Balaban J connectivity index is 2.35. The van der Waals surface area contributed by atoms with Gasteiger partial charge in [0, 0.05) is 25.7 Å². The van der Waals surface area contributed by atoms with Crippen molar-refractivity contribution >= 4 is 34.5 Å². The second-order valence-corrected chi connectivity index (χ2v) is 6.55. The zero-order valence-corrected chi connectivity index (χ0v) is 14.6. The van der Waals surface area contributed by atoms with Gasteiger partial charge in [-0.3, -0.25) is 4.79 Å². The molecule has 1 fully saturated rings. The summed E-state index contributed by atoms with van der Waals surface area (Å²) in [6.45, 7) is 0. The van der Waals surface area contributed by atoms with Gasteiger partial charge in [0.05, 0.1) is 7.11 Å². The van der Waals surface area contributed by atoms with Crippen molar-refractivity contribution in [2.45, 2.75) is 31.2 Å². The molecule has 3 rings (SSSR count). The molecule has 0 aliphatic heterocycles. The molecular weight excluding hydrogens is 332 g/mol. The highest BCUT2D eigenvalue weighted by Crippen LogP contribution is 2.41. The summed E-state index contributed by atoms with van der Waals surface area (Å²) < 4.78 is 6.78. The van der Waals surface area contributed by atoms with E-state index >= 15 is 0 Å². The van der Waals surface area contributed by atoms with Gasteiger partial charge in [-0.2, -0.15) is 4.98 Å². The Kier molecular flexibility index (Phi) is 4.21. The number of fused-ring (bicyclic) bond motifs is 1. The van der Waals surface area contributed by atoms with E-state index in [1.54, 1.807) is 30.9 Å². The fourth-order valence-corrected chi connectivity index (χ4v) is 3.59. The van der Waals surface area contributed by atoms with Gasteiger partial charge in [-0.15, -0.1) is 0 Å². The Morgan fingerprint density at radius 2 is 2.00 bits per heavy atom. The Labute approximate surface area is 144 Å². The standard InChI is InChI=1S/C16H19ClN4O3/c1-20(2)13(22)11-8-10-9-18-15(17)19-12(10)21(11)16(14(23)24-3)6-4-5-7-16/h8-9H,4-7H2,1-3H3. The summed E-state index contributed by atoms with van der Waals surface area (Å²) in [5.74, 6) is -0.570. The molecule has 0 unspecified atom stereocenters. The molecule has 1 aliphatic rings. The van der Waals surface area contributed by atoms with E-state index < -0.39 is 5.54 Å². The van der Waals surface area contributed by atoms with E-state index in [-0.39, 0.29) is 17.2 Å². The normalized spacial score (nSPS) is 16.3. The molecule has 1 saturated carbocycles. The van der Waals surface area contributed by atoms with Crippen LogP contribution in [0.2, 0.25) is 5.28 Å². The average molecular weight is 351 g/mol. The fourth-order valence-electron chi connectivity index (χ4n) is 3.46. The lowest BCUT2D eigenvalue weighted by molar-refractivity contribution is -0.151. The first-order valence-electron chi connectivity index (χ1n) is 7.75. The molecule has 0 spiro atoms. The van der Waals surface area contributed by atoms with Gasteiger partial charge in [-0.1, -0.05) is 12.8 Å². The molecule has 7 nitrogen and oxygen atoms in total. The van der Waals surface area contributed by atoms with Gasteiger partial charge in [-0.05, 0) is 30.5 Å². The second-order valence-electron chi connectivity index (χ2n) is 6.21. The largest absolute Gasteiger partial charge is 0.467 e.